The summed E-state index contributed by atoms with van der Waals surface area (Å²) in [5, 5.41) is 3.30. The Hall–Kier alpha value is -1.39. The second kappa shape index (κ2) is 3.14. The molecule has 1 heterocycles. The van der Waals surface area contributed by atoms with Gasteiger partial charge in [0.2, 0.25) is 0 Å². The van der Waals surface area contributed by atoms with Crippen LogP contribution in [0.1, 0.15) is 13.3 Å². The zero-order valence-corrected chi connectivity index (χ0v) is 5.99. The normalized spacial score (nSPS) is 20.1. The lowest BCUT2D eigenvalue weighted by Crippen LogP contribution is -2.07. The quantitative estimate of drug-likeness (QED) is 0.301. The molecule has 0 atom stereocenters. The van der Waals surface area contributed by atoms with Crippen molar-refractivity contribution < 1.29 is 19.2 Å². The molecule has 5 nitrogen and oxygen atoms in total. The summed E-state index contributed by atoms with van der Waals surface area (Å²) in [4.78, 5) is 25.1. The minimum Gasteiger partial charge on any atom is -0.461 e. The second-order valence-corrected chi connectivity index (χ2v) is 2.01. The summed E-state index contributed by atoms with van der Waals surface area (Å²) in [7, 11) is 0. The lowest BCUT2D eigenvalue weighted by Gasteiger charge is -1.90. The van der Waals surface area contributed by atoms with Crippen molar-refractivity contribution >= 4 is 17.7 Å². The number of cyclic esters (lactones) is 1. The fourth-order valence-corrected chi connectivity index (χ4v) is 0.628. The first-order valence-electron chi connectivity index (χ1n) is 3.11. The summed E-state index contributed by atoms with van der Waals surface area (Å²) in [6.45, 7) is 1.53. The fraction of sp³-hybridized carbons (Fsp3) is 0.500. The average Bonchev–Trinajstić information content (AvgIpc) is 2.31. The summed E-state index contributed by atoms with van der Waals surface area (Å²) in [5.41, 5.74) is 0.167. The lowest BCUT2D eigenvalue weighted by atomic mass is 10.3. The van der Waals surface area contributed by atoms with Gasteiger partial charge in [-0.05, 0) is 0 Å². The van der Waals surface area contributed by atoms with Gasteiger partial charge in [0.05, 0.1) is 6.61 Å². The number of carbonyl (C=O) groups is 2. The third kappa shape index (κ3) is 2.03. The number of esters is 1. The number of hydrogen-bond donors (Lipinski definition) is 0. The number of carbonyl (C=O) groups excluding carboxylic acids is 2. The molecule has 5 heteroatoms. The minimum atomic E-state index is -0.544. The first kappa shape index (κ1) is 7.71. The van der Waals surface area contributed by atoms with Gasteiger partial charge in [-0.25, -0.2) is 9.59 Å². The Balaban J connectivity index is 2.52. The highest BCUT2D eigenvalue weighted by Gasteiger charge is 2.21. The van der Waals surface area contributed by atoms with E-state index in [1.165, 1.54) is 6.92 Å². The van der Waals surface area contributed by atoms with E-state index in [0.29, 0.717) is 13.0 Å². The Morgan fingerprint density at radius 1 is 1.73 bits per heavy atom. The molecule has 0 spiro atoms. The Kier molecular flexibility index (Phi) is 2.20. The summed E-state index contributed by atoms with van der Waals surface area (Å²) in [6.07, 6.45) is 0.409. The Bertz CT molecular complexity index is 221. The first-order chi connectivity index (χ1) is 5.20. The van der Waals surface area contributed by atoms with Gasteiger partial charge in [-0.1, -0.05) is 5.16 Å². The zero-order valence-electron chi connectivity index (χ0n) is 5.99. The van der Waals surface area contributed by atoms with Crippen molar-refractivity contribution in [2.24, 2.45) is 5.16 Å². The topological polar surface area (TPSA) is 65.0 Å². The molecule has 0 amide bonds. The van der Waals surface area contributed by atoms with Gasteiger partial charge in [0, 0.05) is 13.3 Å². The first-order valence-corrected chi connectivity index (χ1v) is 3.11. The zero-order chi connectivity index (χ0) is 8.27. The van der Waals surface area contributed by atoms with E-state index < -0.39 is 11.9 Å². The highest BCUT2D eigenvalue weighted by Crippen LogP contribution is 2.02. The van der Waals surface area contributed by atoms with Crippen LogP contribution in [0.25, 0.3) is 0 Å². The molecule has 0 N–H and O–H groups in total. The van der Waals surface area contributed by atoms with E-state index in [1.807, 2.05) is 0 Å². The van der Waals surface area contributed by atoms with Gasteiger partial charge in [0.25, 0.3) is 0 Å². The van der Waals surface area contributed by atoms with Gasteiger partial charge < -0.3 is 9.57 Å². The van der Waals surface area contributed by atoms with E-state index in [4.69, 9.17) is 0 Å². The molecule has 1 aliphatic rings. The second-order valence-electron chi connectivity index (χ2n) is 2.01. The highest BCUT2D eigenvalue weighted by atomic mass is 16.7. The summed E-state index contributed by atoms with van der Waals surface area (Å²) >= 11 is 0. The number of oxime groups is 1. The van der Waals surface area contributed by atoms with Crippen molar-refractivity contribution in [2.45, 2.75) is 13.3 Å². The van der Waals surface area contributed by atoms with Crippen molar-refractivity contribution in [3.8, 4) is 0 Å². The van der Waals surface area contributed by atoms with Crippen LogP contribution in [0.5, 0.6) is 0 Å². The van der Waals surface area contributed by atoms with E-state index in [-0.39, 0.29) is 5.71 Å². The highest BCUT2D eigenvalue weighted by molar-refractivity contribution is 6.37. The SMILES string of the molecule is CC(=O)O/N=C1\CCOC1=O. The third-order valence-electron chi connectivity index (χ3n) is 1.09. The summed E-state index contributed by atoms with van der Waals surface area (Å²) in [6, 6.07) is 0. The molecule has 1 fully saturated rings. The van der Waals surface area contributed by atoms with E-state index in [0.717, 1.165) is 0 Å². The molecule has 0 radical (unpaired) electrons. The van der Waals surface area contributed by atoms with Gasteiger partial charge in [-0.3, -0.25) is 0 Å². The molecule has 0 aromatic rings. The van der Waals surface area contributed by atoms with Crippen molar-refractivity contribution in [1.29, 1.82) is 0 Å². The standard InChI is InChI=1S/C6H7NO4/c1-4(8)11-7-5-2-3-10-6(5)9/h2-3H2,1H3/b7-5+. The monoisotopic (exact) mass is 157 g/mol. The van der Waals surface area contributed by atoms with Crippen molar-refractivity contribution in [3.05, 3.63) is 0 Å². The van der Waals surface area contributed by atoms with Crippen LogP contribution >= 0.6 is 0 Å². The molecule has 1 aliphatic heterocycles. The molecule has 0 saturated carbocycles. The van der Waals surface area contributed by atoms with E-state index >= 15 is 0 Å². The number of ether oxygens (including phenoxy) is 1. The maximum absolute atomic E-state index is 10.6. The summed E-state index contributed by atoms with van der Waals surface area (Å²) < 4.78 is 4.54. The van der Waals surface area contributed by atoms with Crippen LogP contribution in [0.4, 0.5) is 0 Å². The fourth-order valence-electron chi connectivity index (χ4n) is 0.628. The molecule has 0 aromatic carbocycles. The molecule has 11 heavy (non-hydrogen) atoms. The molecule has 1 saturated heterocycles. The minimum absolute atomic E-state index is 0.167. The maximum atomic E-state index is 10.6. The van der Waals surface area contributed by atoms with Gasteiger partial charge in [-0.2, -0.15) is 0 Å². The van der Waals surface area contributed by atoms with Crippen molar-refractivity contribution in [3.63, 3.8) is 0 Å². The van der Waals surface area contributed by atoms with Crippen molar-refractivity contribution in [2.75, 3.05) is 6.61 Å². The number of nitrogens with zero attached hydrogens (tertiary/aromatic N) is 1. The Morgan fingerprint density at radius 2 is 2.45 bits per heavy atom. The largest absolute Gasteiger partial charge is 0.461 e. The Labute approximate surface area is 63.0 Å². The predicted molar refractivity (Wildman–Crippen MR) is 34.8 cm³/mol. The van der Waals surface area contributed by atoms with Gasteiger partial charge in [-0.15, -0.1) is 0 Å². The van der Waals surface area contributed by atoms with Crippen LogP contribution in [0.15, 0.2) is 5.16 Å². The lowest BCUT2D eigenvalue weighted by molar-refractivity contribution is -0.141. The van der Waals surface area contributed by atoms with E-state index in [9.17, 15) is 9.59 Å². The average molecular weight is 157 g/mol. The van der Waals surface area contributed by atoms with Gasteiger partial charge >= 0.3 is 11.9 Å². The molecule has 60 valence electrons. The number of rotatable bonds is 1. The van der Waals surface area contributed by atoms with Gasteiger partial charge in [0.1, 0.15) is 0 Å². The number of hydrogen-bond acceptors (Lipinski definition) is 5. The van der Waals surface area contributed by atoms with E-state index in [2.05, 4.69) is 14.7 Å². The predicted octanol–water partition coefficient (Wildman–Crippen LogP) is -0.148. The molecule has 1 rings (SSSR count). The molecule has 0 bridgehead atoms. The molecule has 0 unspecified atom stereocenters. The summed E-state index contributed by atoms with van der Waals surface area (Å²) in [5.74, 6) is -1.05. The van der Waals surface area contributed by atoms with Gasteiger partial charge in [0.15, 0.2) is 5.71 Å². The van der Waals surface area contributed by atoms with Crippen LogP contribution in [0, 0.1) is 0 Å². The smallest absolute Gasteiger partial charge is 0.356 e. The van der Waals surface area contributed by atoms with Crippen LogP contribution in [0.2, 0.25) is 0 Å². The van der Waals surface area contributed by atoms with Crippen LogP contribution in [0.3, 0.4) is 0 Å². The van der Waals surface area contributed by atoms with Crippen LogP contribution in [-0.4, -0.2) is 24.3 Å². The van der Waals surface area contributed by atoms with Crippen LogP contribution in [-0.2, 0) is 19.2 Å². The maximum Gasteiger partial charge on any atom is 0.356 e. The van der Waals surface area contributed by atoms with E-state index in [1.54, 1.807) is 0 Å². The van der Waals surface area contributed by atoms with Crippen molar-refractivity contribution in [1.82, 2.24) is 0 Å². The Morgan fingerprint density at radius 3 is 2.91 bits per heavy atom. The molecule has 0 aliphatic carbocycles. The molecular formula is C6H7NO4. The molecule has 0 aromatic heterocycles. The van der Waals surface area contributed by atoms with Crippen LogP contribution < -0.4 is 0 Å². The third-order valence-corrected chi connectivity index (χ3v) is 1.09. The molecular weight excluding hydrogens is 150 g/mol.